The summed E-state index contributed by atoms with van der Waals surface area (Å²) in [6, 6.07) is 13.1. The van der Waals surface area contributed by atoms with E-state index in [1.165, 1.54) is 11.5 Å². The molecule has 0 saturated heterocycles. The smallest absolute Gasteiger partial charge is 0.229 e. The van der Waals surface area contributed by atoms with Crippen LogP contribution in [0.25, 0.3) is 33.7 Å². The minimum atomic E-state index is -0.214. The van der Waals surface area contributed by atoms with Gasteiger partial charge < -0.3 is 20.6 Å². The van der Waals surface area contributed by atoms with Crippen LogP contribution in [0.5, 0.6) is 0 Å². The molecule has 5 rings (SSSR count). The Morgan fingerprint density at radius 1 is 1.20 bits per heavy atom. The first kappa shape index (κ1) is 22.5. The summed E-state index contributed by atoms with van der Waals surface area (Å²) in [5.74, 6) is 0.660. The average Bonchev–Trinajstić information content (AvgIpc) is 3.51. The number of benzene rings is 1. The molecule has 0 aliphatic carbocycles. The van der Waals surface area contributed by atoms with E-state index in [0.717, 1.165) is 21.8 Å². The van der Waals surface area contributed by atoms with Gasteiger partial charge in [0.25, 0.3) is 0 Å². The predicted molar refractivity (Wildman–Crippen MR) is 138 cm³/mol. The number of amides is 1. The van der Waals surface area contributed by atoms with Crippen molar-refractivity contribution in [3.63, 3.8) is 0 Å². The Kier molecular flexibility index (Phi) is 5.87. The largest absolute Gasteiger partial charge is 0.384 e. The van der Waals surface area contributed by atoms with Gasteiger partial charge in [-0.2, -0.15) is 4.37 Å². The van der Waals surface area contributed by atoms with Crippen LogP contribution in [0.15, 0.2) is 59.7 Å². The summed E-state index contributed by atoms with van der Waals surface area (Å²) in [7, 11) is 0. The van der Waals surface area contributed by atoms with Crippen molar-refractivity contribution in [3.05, 3.63) is 76.3 Å². The molecule has 5 aromatic rings. The number of hydrogen-bond donors (Lipinski definition) is 3. The van der Waals surface area contributed by atoms with Crippen molar-refractivity contribution < 1.29 is 4.79 Å². The number of H-pyrrole nitrogens is 1. The molecule has 0 atom stereocenters. The van der Waals surface area contributed by atoms with E-state index in [1.54, 1.807) is 18.5 Å². The maximum absolute atomic E-state index is 13.2. The number of rotatable bonds is 6. The molecule has 0 fully saturated rings. The minimum Gasteiger partial charge on any atom is -0.384 e. The van der Waals surface area contributed by atoms with Gasteiger partial charge in [0.05, 0.1) is 23.2 Å². The maximum Gasteiger partial charge on any atom is 0.229 e. The molecule has 0 aliphatic heterocycles. The van der Waals surface area contributed by atoms with Crippen LogP contribution in [-0.2, 0) is 17.8 Å². The number of carbonyl (C=O) groups excluding carboxylic acids is 1. The molecule has 1 amide bonds. The Balaban J connectivity index is 1.44. The number of anilines is 2. The number of nitrogen functional groups attached to an aromatic ring is 1. The zero-order valence-electron chi connectivity index (χ0n) is 19.2. The normalized spacial score (nSPS) is 11.1. The Labute approximate surface area is 204 Å². The highest BCUT2D eigenvalue weighted by Crippen LogP contribution is 2.26. The van der Waals surface area contributed by atoms with Crippen molar-refractivity contribution in [1.82, 2.24) is 23.9 Å². The van der Waals surface area contributed by atoms with E-state index in [1.807, 2.05) is 54.8 Å². The minimum absolute atomic E-state index is 0.0972. The van der Waals surface area contributed by atoms with Crippen LogP contribution in [-0.4, -0.2) is 29.8 Å². The maximum atomic E-state index is 13.2. The van der Waals surface area contributed by atoms with Crippen molar-refractivity contribution in [2.45, 2.75) is 26.8 Å². The summed E-state index contributed by atoms with van der Waals surface area (Å²) < 4.78 is 5.99. The fourth-order valence-electron chi connectivity index (χ4n) is 4.03. The molecule has 4 heterocycles. The molecule has 176 valence electrons. The Morgan fingerprint density at radius 3 is 2.66 bits per heavy atom. The van der Waals surface area contributed by atoms with Crippen molar-refractivity contribution in [2.24, 2.45) is 0 Å². The quantitative estimate of drug-likeness (QED) is 0.333. The number of carbonyl (C=O) groups is 1. The number of fused-ring (bicyclic) bond motifs is 1. The molecule has 0 radical (unpaired) electrons. The molecule has 0 bridgehead atoms. The SMILES string of the molecule is CCn1c(N)c(-c2ncc[nH]2)c(=O)c2ccc(-c3ccc(CC(=O)Nc4cc(C)ns4)cc3)nc21. The second kappa shape index (κ2) is 9.15. The highest BCUT2D eigenvalue weighted by Gasteiger charge is 2.19. The van der Waals surface area contributed by atoms with E-state index in [-0.39, 0.29) is 17.8 Å². The lowest BCUT2D eigenvalue weighted by molar-refractivity contribution is -0.115. The molecule has 1 aromatic carbocycles. The van der Waals surface area contributed by atoms with Gasteiger partial charge in [0.1, 0.15) is 27.9 Å². The molecule has 0 spiro atoms. The Morgan fingerprint density at radius 2 is 2.00 bits per heavy atom. The standard InChI is InChI=1S/C25H23N7O2S/c1-3-32-23(26)21(24-27-10-11-28-24)22(34)17-8-9-18(29-25(17)32)16-6-4-15(5-7-16)13-19(33)30-20-12-14(2)31-35-20/h4-12H,3,13,26H2,1-2H3,(H,27,28)(H,30,33). The molecule has 0 aliphatic rings. The number of nitrogens with one attached hydrogen (secondary N) is 2. The third-order valence-corrected chi connectivity index (χ3v) is 6.50. The molecule has 4 N–H and O–H groups in total. The van der Waals surface area contributed by atoms with Gasteiger partial charge >= 0.3 is 0 Å². The summed E-state index contributed by atoms with van der Waals surface area (Å²) >= 11 is 1.27. The third kappa shape index (κ3) is 4.31. The lowest BCUT2D eigenvalue weighted by Crippen LogP contribution is -2.18. The van der Waals surface area contributed by atoms with E-state index in [0.29, 0.717) is 40.5 Å². The van der Waals surface area contributed by atoms with E-state index in [4.69, 9.17) is 10.7 Å². The topological polar surface area (TPSA) is 132 Å². The first-order valence-corrected chi connectivity index (χ1v) is 11.9. The zero-order valence-corrected chi connectivity index (χ0v) is 20.0. The number of nitrogens with two attached hydrogens (primary N) is 1. The molecule has 0 saturated carbocycles. The summed E-state index contributed by atoms with van der Waals surface area (Å²) in [6.45, 7) is 4.38. The number of imidazole rings is 1. The highest BCUT2D eigenvalue weighted by atomic mass is 32.1. The molecular formula is C25H23N7O2S. The average molecular weight is 486 g/mol. The number of hydrogen-bond acceptors (Lipinski definition) is 7. The van der Waals surface area contributed by atoms with Crippen molar-refractivity contribution in [1.29, 1.82) is 0 Å². The number of aromatic nitrogens is 5. The van der Waals surface area contributed by atoms with E-state index in [9.17, 15) is 9.59 Å². The van der Waals surface area contributed by atoms with Gasteiger partial charge in [-0.1, -0.05) is 24.3 Å². The zero-order chi connectivity index (χ0) is 24.5. The van der Waals surface area contributed by atoms with Crippen LogP contribution < -0.4 is 16.5 Å². The molecule has 4 aromatic heterocycles. The first-order chi connectivity index (χ1) is 16.9. The van der Waals surface area contributed by atoms with E-state index < -0.39 is 0 Å². The van der Waals surface area contributed by atoms with Gasteiger partial charge in [-0.25, -0.2) is 9.97 Å². The number of aromatic amines is 1. The van der Waals surface area contributed by atoms with E-state index >= 15 is 0 Å². The first-order valence-electron chi connectivity index (χ1n) is 11.1. The van der Waals surface area contributed by atoms with Crippen molar-refractivity contribution >= 4 is 39.3 Å². The fourth-order valence-corrected chi connectivity index (χ4v) is 4.70. The highest BCUT2D eigenvalue weighted by molar-refractivity contribution is 7.10. The van der Waals surface area contributed by atoms with Crippen molar-refractivity contribution in [2.75, 3.05) is 11.1 Å². The summed E-state index contributed by atoms with van der Waals surface area (Å²) in [6.07, 6.45) is 3.50. The molecule has 10 heteroatoms. The van der Waals surface area contributed by atoms with Gasteiger partial charge in [-0.05, 0) is 49.1 Å². The predicted octanol–water partition coefficient (Wildman–Crippen LogP) is 4.00. The lowest BCUT2D eigenvalue weighted by Gasteiger charge is -2.15. The number of aryl methyl sites for hydroxylation is 2. The van der Waals surface area contributed by atoms with Gasteiger partial charge in [0.2, 0.25) is 11.3 Å². The van der Waals surface area contributed by atoms with Crippen LogP contribution in [0, 0.1) is 6.92 Å². The van der Waals surface area contributed by atoms with Crippen LogP contribution in [0.4, 0.5) is 10.8 Å². The van der Waals surface area contributed by atoms with Crippen LogP contribution in [0.2, 0.25) is 0 Å². The van der Waals surface area contributed by atoms with Crippen LogP contribution in [0.3, 0.4) is 0 Å². The van der Waals surface area contributed by atoms with Gasteiger partial charge in [-0.15, -0.1) is 0 Å². The Hall–Kier alpha value is -4.31. The van der Waals surface area contributed by atoms with Crippen LogP contribution in [0.1, 0.15) is 18.2 Å². The summed E-state index contributed by atoms with van der Waals surface area (Å²) in [5.41, 5.74) is 10.4. The van der Waals surface area contributed by atoms with Crippen molar-refractivity contribution in [3.8, 4) is 22.6 Å². The third-order valence-electron chi connectivity index (χ3n) is 5.71. The number of pyridine rings is 2. The van der Waals surface area contributed by atoms with E-state index in [2.05, 4.69) is 19.7 Å². The Bertz CT molecular complexity index is 1590. The fraction of sp³-hybridized carbons (Fsp3) is 0.160. The van der Waals surface area contributed by atoms with Gasteiger partial charge in [-0.3, -0.25) is 9.59 Å². The second-order valence-corrected chi connectivity index (χ2v) is 8.90. The summed E-state index contributed by atoms with van der Waals surface area (Å²) in [4.78, 5) is 37.5. The molecule has 9 nitrogen and oxygen atoms in total. The summed E-state index contributed by atoms with van der Waals surface area (Å²) in [5, 5.41) is 4.08. The second-order valence-electron chi connectivity index (χ2n) is 8.09. The number of nitrogens with zero attached hydrogens (tertiary/aromatic N) is 4. The van der Waals surface area contributed by atoms with Gasteiger partial charge in [0, 0.05) is 24.5 Å². The molecular weight excluding hydrogens is 462 g/mol. The lowest BCUT2D eigenvalue weighted by atomic mass is 10.1. The monoisotopic (exact) mass is 485 g/mol. The van der Waals surface area contributed by atoms with Gasteiger partial charge in [0.15, 0.2) is 0 Å². The molecule has 0 unspecified atom stereocenters. The van der Waals surface area contributed by atoms with Crippen LogP contribution >= 0.6 is 11.5 Å². The molecule has 35 heavy (non-hydrogen) atoms.